The lowest BCUT2D eigenvalue weighted by Crippen LogP contribution is -2.15. The number of carbonyl (C=O) groups is 2. The van der Waals surface area contributed by atoms with Crippen molar-refractivity contribution < 1.29 is 19.1 Å². The Balaban J connectivity index is 2.33. The van der Waals surface area contributed by atoms with Gasteiger partial charge in [0.15, 0.2) is 0 Å². The molecule has 1 atom stereocenters. The predicted octanol–water partition coefficient (Wildman–Crippen LogP) is 6.33. The minimum Gasteiger partial charge on any atom is -0.462 e. The van der Waals surface area contributed by atoms with Crippen LogP contribution in [0.15, 0.2) is 24.3 Å². The standard InChI is InChI=1S/C23H36O4/c1-4-6-8-9-10-11-13-19(3)27-23(25)21-16-14-20(15-17-21)22(24)26-18-12-7-5-2/h14-17,19H,4-13,18H2,1-3H3. The van der Waals surface area contributed by atoms with Crippen LogP contribution in [-0.4, -0.2) is 24.6 Å². The monoisotopic (exact) mass is 376 g/mol. The number of hydrogen-bond acceptors (Lipinski definition) is 4. The maximum Gasteiger partial charge on any atom is 0.338 e. The molecule has 152 valence electrons. The number of rotatable bonds is 14. The molecular formula is C23H36O4. The molecule has 4 nitrogen and oxygen atoms in total. The van der Waals surface area contributed by atoms with E-state index in [0.29, 0.717) is 17.7 Å². The summed E-state index contributed by atoms with van der Waals surface area (Å²) in [6.45, 7) is 6.69. The summed E-state index contributed by atoms with van der Waals surface area (Å²) in [7, 11) is 0. The third kappa shape index (κ3) is 10.2. The van der Waals surface area contributed by atoms with E-state index in [4.69, 9.17) is 9.47 Å². The summed E-state index contributed by atoms with van der Waals surface area (Å²) in [6, 6.07) is 6.50. The molecule has 0 saturated heterocycles. The van der Waals surface area contributed by atoms with E-state index in [1.54, 1.807) is 24.3 Å². The van der Waals surface area contributed by atoms with Crippen molar-refractivity contribution in [1.82, 2.24) is 0 Å². The Labute approximate surface area is 164 Å². The molecule has 0 radical (unpaired) electrons. The second kappa shape index (κ2) is 14.2. The summed E-state index contributed by atoms with van der Waals surface area (Å²) in [6.07, 6.45) is 11.2. The van der Waals surface area contributed by atoms with Crippen LogP contribution in [0.1, 0.15) is 106 Å². The Bertz CT molecular complexity index is 536. The normalized spacial score (nSPS) is 11.8. The average Bonchev–Trinajstić information content (AvgIpc) is 2.68. The van der Waals surface area contributed by atoms with Crippen molar-refractivity contribution in [2.75, 3.05) is 6.61 Å². The first kappa shape index (κ1) is 23.2. The number of ether oxygens (including phenoxy) is 2. The van der Waals surface area contributed by atoms with E-state index >= 15 is 0 Å². The highest BCUT2D eigenvalue weighted by atomic mass is 16.5. The quantitative estimate of drug-likeness (QED) is 0.281. The van der Waals surface area contributed by atoms with Gasteiger partial charge in [-0.2, -0.15) is 0 Å². The fraction of sp³-hybridized carbons (Fsp3) is 0.652. The molecule has 1 unspecified atom stereocenters. The zero-order valence-corrected chi connectivity index (χ0v) is 17.3. The van der Waals surface area contributed by atoms with Gasteiger partial charge in [0.25, 0.3) is 0 Å². The molecule has 1 aromatic carbocycles. The third-order valence-electron chi connectivity index (χ3n) is 4.61. The number of unbranched alkanes of at least 4 members (excludes halogenated alkanes) is 7. The topological polar surface area (TPSA) is 52.6 Å². The van der Waals surface area contributed by atoms with Gasteiger partial charge in [-0.3, -0.25) is 0 Å². The van der Waals surface area contributed by atoms with E-state index in [2.05, 4.69) is 13.8 Å². The Morgan fingerprint density at radius 1 is 0.778 bits per heavy atom. The predicted molar refractivity (Wildman–Crippen MR) is 109 cm³/mol. The van der Waals surface area contributed by atoms with Gasteiger partial charge >= 0.3 is 11.9 Å². The first-order chi connectivity index (χ1) is 13.1. The van der Waals surface area contributed by atoms with Gasteiger partial charge in [-0.15, -0.1) is 0 Å². The number of esters is 2. The van der Waals surface area contributed by atoms with E-state index in [1.807, 2.05) is 6.92 Å². The van der Waals surface area contributed by atoms with Crippen LogP contribution < -0.4 is 0 Å². The number of hydrogen-bond donors (Lipinski definition) is 0. The Hall–Kier alpha value is -1.84. The maximum atomic E-state index is 12.2. The zero-order valence-electron chi connectivity index (χ0n) is 17.3. The molecule has 0 aliphatic rings. The highest BCUT2D eigenvalue weighted by molar-refractivity contribution is 5.93. The van der Waals surface area contributed by atoms with Crippen LogP contribution in [0.3, 0.4) is 0 Å². The lowest BCUT2D eigenvalue weighted by atomic mass is 10.1. The lowest BCUT2D eigenvalue weighted by Gasteiger charge is -2.13. The summed E-state index contributed by atoms with van der Waals surface area (Å²) in [5.41, 5.74) is 0.926. The lowest BCUT2D eigenvalue weighted by molar-refractivity contribution is 0.0318. The summed E-state index contributed by atoms with van der Waals surface area (Å²) in [5, 5.41) is 0. The molecule has 0 bridgehead atoms. The van der Waals surface area contributed by atoms with E-state index in [-0.39, 0.29) is 18.0 Å². The molecule has 0 aliphatic carbocycles. The molecule has 0 aliphatic heterocycles. The second-order valence-electron chi connectivity index (χ2n) is 7.19. The molecule has 0 aromatic heterocycles. The summed E-state index contributed by atoms with van der Waals surface area (Å²) in [4.78, 5) is 24.2. The number of carbonyl (C=O) groups excluding carboxylic acids is 2. The molecule has 0 fully saturated rings. The van der Waals surface area contributed by atoms with Gasteiger partial charge in [-0.1, -0.05) is 58.8 Å². The van der Waals surface area contributed by atoms with Crippen molar-refractivity contribution >= 4 is 11.9 Å². The van der Waals surface area contributed by atoms with Crippen molar-refractivity contribution in [3.8, 4) is 0 Å². The molecular weight excluding hydrogens is 340 g/mol. The average molecular weight is 377 g/mol. The van der Waals surface area contributed by atoms with Gasteiger partial charge in [-0.05, 0) is 50.5 Å². The van der Waals surface area contributed by atoms with E-state index < -0.39 is 0 Å². The van der Waals surface area contributed by atoms with Gasteiger partial charge in [0.2, 0.25) is 0 Å². The Kier molecular flexibility index (Phi) is 12.2. The van der Waals surface area contributed by atoms with E-state index in [0.717, 1.165) is 32.1 Å². The second-order valence-corrected chi connectivity index (χ2v) is 7.19. The number of benzene rings is 1. The van der Waals surface area contributed by atoms with Crippen molar-refractivity contribution in [3.63, 3.8) is 0 Å². The highest BCUT2D eigenvalue weighted by Crippen LogP contribution is 2.13. The fourth-order valence-electron chi connectivity index (χ4n) is 2.86. The van der Waals surface area contributed by atoms with Crippen LogP contribution in [0.5, 0.6) is 0 Å². The van der Waals surface area contributed by atoms with E-state index in [1.165, 1.54) is 32.1 Å². The van der Waals surface area contributed by atoms with Gasteiger partial charge in [0, 0.05) is 0 Å². The molecule has 1 aromatic rings. The van der Waals surface area contributed by atoms with Crippen molar-refractivity contribution in [2.24, 2.45) is 0 Å². The van der Waals surface area contributed by atoms with Crippen LogP contribution in [0.4, 0.5) is 0 Å². The van der Waals surface area contributed by atoms with Crippen LogP contribution in [0.25, 0.3) is 0 Å². The summed E-state index contributed by atoms with van der Waals surface area (Å²) < 4.78 is 10.7. The molecule has 4 heteroatoms. The van der Waals surface area contributed by atoms with Crippen LogP contribution in [0.2, 0.25) is 0 Å². The summed E-state index contributed by atoms with van der Waals surface area (Å²) >= 11 is 0. The highest BCUT2D eigenvalue weighted by Gasteiger charge is 2.13. The molecule has 0 amide bonds. The first-order valence-corrected chi connectivity index (χ1v) is 10.6. The fourth-order valence-corrected chi connectivity index (χ4v) is 2.86. The Morgan fingerprint density at radius 2 is 1.30 bits per heavy atom. The minimum absolute atomic E-state index is 0.0908. The molecule has 0 heterocycles. The van der Waals surface area contributed by atoms with Crippen molar-refractivity contribution in [1.29, 1.82) is 0 Å². The Morgan fingerprint density at radius 3 is 1.93 bits per heavy atom. The molecule has 0 saturated carbocycles. The molecule has 0 spiro atoms. The smallest absolute Gasteiger partial charge is 0.338 e. The molecule has 0 N–H and O–H groups in total. The molecule has 1 rings (SSSR count). The summed E-state index contributed by atoms with van der Waals surface area (Å²) in [5.74, 6) is -0.682. The molecule has 27 heavy (non-hydrogen) atoms. The van der Waals surface area contributed by atoms with Crippen molar-refractivity contribution in [2.45, 2.75) is 91.1 Å². The van der Waals surface area contributed by atoms with E-state index in [9.17, 15) is 9.59 Å². The van der Waals surface area contributed by atoms with Crippen LogP contribution >= 0.6 is 0 Å². The maximum absolute atomic E-state index is 12.2. The SMILES string of the molecule is CCCCCCCCC(C)OC(=O)c1ccc(C(=O)OCCCCC)cc1. The first-order valence-electron chi connectivity index (χ1n) is 10.6. The van der Waals surface area contributed by atoms with Gasteiger partial charge in [0.05, 0.1) is 23.8 Å². The van der Waals surface area contributed by atoms with Gasteiger partial charge in [0.1, 0.15) is 0 Å². The van der Waals surface area contributed by atoms with Crippen LogP contribution in [0, 0.1) is 0 Å². The van der Waals surface area contributed by atoms with Gasteiger partial charge in [-0.25, -0.2) is 9.59 Å². The third-order valence-corrected chi connectivity index (χ3v) is 4.61. The largest absolute Gasteiger partial charge is 0.462 e. The van der Waals surface area contributed by atoms with Crippen molar-refractivity contribution in [3.05, 3.63) is 35.4 Å². The minimum atomic E-state index is -0.345. The zero-order chi connectivity index (χ0) is 19.9. The van der Waals surface area contributed by atoms with Crippen LogP contribution in [-0.2, 0) is 9.47 Å². The van der Waals surface area contributed by atoms with Gasteiger partial charge < -0.3 is 9.47 Å².